The van der Waals surface area contributed by atoms with E-state index in [1.807, 2.05) is 6.07 Å². The Kier molecular flexibility index (Phi) is 4.67. The summed E-state index contributed by atoms with van der Waals surface area (Å²) in [5, 5.41) is 0. The van der Waals surface area contributed by atoms with E-state index in [0.29, 0.717) is 0 Å². The summed E-state index contributed by atoms with van der Waals surface area (Å²) in [5.41, 5.74) is 8.10. The monoisotopic (exact) mass is 371 g/mol. The summed E-state index contributed by atoms with van der Waals surface area (Å²) >= 11 is 1.65. The fourth-order valence-electron chi connectivity index (χ4n) is 3.10. The number of primary amides is 1. The van der Waals surface area contributed by atoms with Gasteiger partial charge in [-0.1, -0.05) is 12.1 Å². The maximum atomic E-state index is 13.3. The Balaban J connectivity index is 1.78. The van der Waals surface area contributed by atoms with Crippen molar-refractivity contribution in [1.82, 2.24) is 9.88 Å². The SMILES string of the molecule is NC(=O)c1cc(-c2ccc(F)cc2)c2sc(CN3CCOCC3)cc2n1. The zero-order chi connectivity index (χ0) is 18.1. The lowest BCUT2D eigenvalue weighted by Gasteiger charge is -2.25. The molecule has 3 aromatic rings. The lowest BCUT2D eigenvalue weighted by atomic mass is 10.0. The van der Waals surface area contributed by atoms with Crippen LogP contribution in [-0.4, -0.2) is 42.1 Å². The number of hydrogen-bond donors (Lipinski definition) is 1. The van der Waals surface area contributed by atoms with Crippen LogP contribution in [0.2, 0.25) is 0 Å². The van der Waals surface area contributed by atoms with E-state index in [4.69, 9.17) is 10.5 Å². The number of halogens is 1. The van der Waals surface area contributed by atoms with Crippen molar-refractivity contribution < 1.29 is 13.9 Å². The molecule has 134 valence electrons. The quantitative estimate of drug-likeness (QED) is 0.765. The Morgan fingerprint density at radius 2 is 1.96 bits per heavy atom. The molecule has 0 saturated carbocycles. The predicted molar refractivity (Wildman–Crippen MR) is 99.6 cm³/mol. The first-order valence-electron chi connectivity index (χ1n) is 8.39. The summed E-state index contributed by atoms with van der Waals surface area (Å²) in [6.45, 7) is 4.11. The van der Waals surface area contributed by atoms with Crippen LogP contribution >= 0.6 is 11.3 Å². The molecule has 26 heavy (non-hydrogen) atoms. The zero-order valence-corrected chi connectivity index (χ0v) is 14.9. The predicted octanol–water partition coefficient (Wildman–Crippen LogP) is 3.03. The number of rotatable bonds is 4. The smallest absolute Gasteiger partial charge is 0.267 e. The van der Waals surface area contributed by atoms with Gasteiger partial charge in [0.2, 0.25) is 0 Å². The minimum Gasteiger partial charge on any atom is -0.379 e. The Bertz CT molecular complexity index is 949. The molecule has 1 amide bonds. The van der Waals surface area contributed by atoms with Gasteiger partial charge in [0, 0.05) is 30.1 Å². The molecule has 1 aromatic carbocycles. The highest BCUT2D eigenvalue weighted by Gasteiger charge is 2.17. The normalized spacial score (nSPS) is 15.4. The molecule has 1 aliphatic heterocycles. The number of nitrogens with two attached hydrogens (primary N) is 1. The second-order valence-electron chi connectivity index (χ2n) is 6.24. The molecule has 2 N–H and O–H groups in total. The fourth-order valence-corrected chi connectivity index (χ4v) is 4.27. The molecule has 0 atom stereocenters. The highest BCUT2D eigenvalue weighted by molar-refractivity contribution is 7.19. The van der Waals surface area contributed by atoms with Gasteiger partial charge in [-0.2, -0.15) is 0 Å². The zero-order valence-electron chi connectivity index (χ0n) is 14.1. The third kappa shape index (κ3) is 3.46. The van der Waals surface area contributed by atoms with Crippen LogP contribution < -0.4 is 5.73 Å². The standard InChI is InChI=1S/C19H18FN3O2S/c20-13-3-1-12(2-4-13)15-10-17(19(21)24)22-16-9-14(26-18(15)16)11-23-5-7-25-8-6-23/h1-4,9-10H,5-8,11H2,(H2,21,24). The summed E-state index contributed by atoms with van der Waals surface area (Å²) < 4.78 is 19.7. The van der Waals surface area contributed by atoms with Crippen LogP contribution in [0, 0.1) is 5.82 Å². The molecule has 0 unspecified atom stereocenters. The Hall–Kier alpha value is -2.35. The van der Waals surface area contributed by atoms with Gasteiger partial charge in [0.25, 0.3) is 5.91 Å². The van der Waals surface area contributed by atoms with Gasteiger partial charge in [0.1, 0.15) is 11.5 Å². The third-order valence-corrected chi connectivity index (χ3v) is 5.56. The highest BCUT2D eigenvalue weighted by atomic mass is 32.1. The highest BCUT2D eigenvalue weighted by Crippen LogP contribution is 2.35. The van der Waals surface area contributed by atoms with Crippen LogP contribution in [0.3, 0.4) is 0 Å². The Morgan fingerprint density at radius 3 is 2.65 bits per heavy atom. The van der Waals surface area contributed by atoms with E-state index < -0.39 is 5.91 Å². The van der Waals surface area contributed by atoms with E-state index in [1.165, 1.54) is 17.0 Å². The first-order valence-corrected chi connectivity index (χ1v) is 9.21. The van der Waals surface area contributed by atoms with Crippen LogP contribution in [-0.2, 0) is 11.3 Å². The van der Waals surface area contributed by atoms with E-state index >= 15 is 0 Å². The number of ether oxygens (including phenoxy) is 1. The van der Waals surface area contributed by atoms with Gasteiger partial charge in [-0.15, -0.1) is 11.3 Å². The van der Waals surface area contributed by atoms with Crippen LogP contribution in [0.4, 0.5) is 4.39 Å². The molecule has 0 spiro atoms. The molecule has 0 radical (unpaired) electrons. The number of carbonyl (C=O) groups is 1. The van der Waals surface area contributed by atoms with Crippen molar-refractivity contribution in [2.75, 3.05) is 26.3 Å². The van der Waals surface area contributed by atoms with Crippen LogP contribution in [0.5, 0.6) is 0 Å². The van der Waals surface area contributed by atoms with Gasteiger partial charge < -0.3 is 10.5 Å². The third-order valence-electron chi connectivity index (χ3n) is 4.42. The van der Waals surface area contributed by atoms with Crippen molar-refractivity contribution in [1.29, 1.82) is 0 Å². The number of fused-ring (bicyclic) bond motifs is 1. The maximum absolute atomic E-state index is 13.3. The van der Waals surface area contributed by atoms with Crippen molar-refractivity contribution in [3.8, 4) is 11.1 Å². The number of benzene rings is 1. The van der Waals surface area contributed by atoms with Crippen molar-refractivity contribution in [2.45, 2.75) is 6.54 Å². The molecule has 4 rings (SSSR count). The van der Waals surface area contributed by atoms with Crippen molar-refractivity contribution in [3.63, 3.8) is 0 Å². The molecule has 1 fully saturated rings. The van der Waals surface area contributed by atoms with Crippen LogP contribution in [0.1, 0.15) is 15.4 Å². The fraction of sp³-hybridized carbons (Fsp3) is 0.263. The number of thiophene rings is 1. The molecule has 0 bridgehead atoms. The minimum atomic E-state index is -0.573. The van der Waals surface area contributed by atoms with Gasteiger partial charge in [0.15, 0.2) is 0 Å². The number of amides is 1. The average molecular weight is 371 g/mol. The summed E-state index contributed by atoms with van der Waals surface area (Å²) in [7, 11) is 0. The van der Waals surface area contributed by atoms with Gasteiger partial charge in [0.05, 0.1) is 23.4 Å². The van der Waals surface area contributed by atoms with E-state index in [-0.39, 0.29) is 11.5 Å². The molecular weight excluding hydrogens is 353 g/mol. The van der Waals surface area contributed by atoms with E-state index in [2.05, 4.69) is 9.88 Å². The molecule has 0 aliphatic carbocycles. The number of nitrogens with zero attached hydrogens (tertiary/aromatic N) is 2. The van der Waals surface area contributed by atoms with Crippen LogP contribution in [0.25, 0.3) is 21.3 Å². The van der Waals surface area contributed by atoms with Gasteiger partial charge in [-0.25, -0.2) is 9.37 Å². The molecule has 5 nitrogen and oxygen atoms in total. The summed E-state index contributed by atoms with van der Waals surface area (Å²) in [5.74, 6) is -0.871. The molecule has 2 aromatic heterocycles. The van der Waals surface area contributed by atoms with E-state index in [9.17, 15) is 9.18 Å². The minimum absolute atomic E-state index is 0.215. The van der Waals surface area contributed by atoms with E-state index in [1.54, 1.807) is 29.5 Å². The second kappa shape index (κ2) is 7.11. The first kappa shape index (κ1) is 17.1. The Morgan fingerprint density at radius 1 is 1.23 bits per heavy atom. The van der Waals surface area contributed by atoms with Gasteiger partial charge in [-0.05, 0) is 29.8 Å². The molecule has 1 aliphatic rings. The lowest BCUT2D eigenvalue weighted by molar-refractivity contribution is 0.0346. The summed E-state index contributed by atoms with van der Waals surface area (Å²) in [6, 6.07) is 9.93. The number of carbonyl (C=O) groups excluding carboxylic acids is 1. The van der Waals surface area contributed by atoms with Crippen molar-refractivity contribution >= 4 is 27.5 Å². The van der Waals surface area contributed by atoms with Gasteiger partial charge >= 0.3 is 0 Å². The number of hydrogen-bond acceptors (Lipinski definition) is 5. The lowest BCUT2D eigenvalue weighted by Crippen LogP contribution is -2.35. The van der Waals surface area contributed by atoms with Crippen LogP contribution in [0.15, 0.2) is 36.4 Å². The number of morpholine rings is 1. The summed E-state index contributed by atoms with van der Waals surface area (Å²) in [6.07, 6.45) is 0. The second-order valence-corrected chi connectivity index (χ2v) is 7.38. The molecular formula is C19H18FN3O2S. The molecule has 7 heteroatoms. The number of pyridine rings is 1. The van der Waals surface area contributed by atoms with Gasteiger partial charge in [-0.3, -0.25) is 9.69 Å². The molecule has 3 heterocycles. The summed E-state index contributed by atoms with van der Waals surface area (Å²) in [4.78, 5) is 19.6. The van der Waals surface area contributed by atoms with Crippen molar-refractivity contribution in [2.24, 2.45) is 5.73 Å². The first-order chi connectivity index (χ1) is 12.6. The largest absolute Gasteiger partial charge is 0.379 e. The Labute approximate surface area is 154 Å². The maximum Gasteiger partial charge on any atom is 0.267 e. The average Bonchev–Trinajstić information content (AvgIpc) is 3.04. The van der Waals surface area contributed by atoms with Crippen molar-refractivity contribution in [3.05, 3.63) is 52.8 Å². The number of aromatic nitrogens is 1. The van der Waals surface area contributed by atoms with E-state index in [0.717, 1.165) is 54.2 Å². The molecule has 1 saturated heterocycles. The topological polar surface area (TPSA) is 68.5 Å².